The number of urea groups is 1. The lowest BCUT2D eigenvalue weighted by Gasteiger charge is -2.35. The number of nitrogens with zero attached hydrogens (tertiary/aromatic N) is 2. The third-order valence-corrected chi connectivity index (χ3v) is 3.88. The van der Waals surface area contributed by atoms with Crippen molar-refractivity contribution >= 4 is 11.7 Å². The second kappa shape index (κ2) is 6.09. The van der Waals surface area contributed by atoms with Crippen molar-refractivity contribution in [3.8, 4) is 17.2 Å². The molecule has 7 nitrogen and oxygen atoms in total. The number of aromatic hydroxyl groups is 3. The maximum Gasteiger partial charge on any atom is 0.321 e. The van der Waals surface area contributed by atoms with Crippen LogP contribution in [0.25, 0.3) is 0 Å². The molecule has 1 aliphatic rings. The average Bonchev–Trinajstić information content (AvgIpc) is 2.44. The molecule has 2 rings (SSSR count). The lowest BCUT2D eigenvalue weighted by molar-refractivity contribution is 0.156. The fraction of sp³-hybridized carbons (Fsp3) is 0.500. The summed E-state index contributed by atoms with van der Waals surface area (Å²) >= 11 is 0. The predicted molar refractivity (Wildman–Crippen MR) is 78.7 cm³/mol. The summed E-state index contributed by atoms with van der Waals surface area (Å²) in [5.74, 6) is -1.56. The molecule has 0 aliphatic carbocycles. The van der Waals surface area contributed by atoms with Gasteiger partial charge < -0.3 is 30.4 Å². The van der Waals surface area contributed by atoms with Crippen LogP contribution in [-0.2, 0) is 0 Å². The number of benzene rings is 1. The van der Waals surface area contributed by atoms with E-state index in [1.165, 1.54) is 12.1 Å². The van der Waals surface area contributed by atoms with Crippen molar-refractivity contribution in [1.82, 2.24) is 9.80 Å². The first-order valence-corrected chi connectivity index (χ1v) is 6.85. The Hall–Kier alpha value is -2.15. The molecule has 1 aromatic carbocycles. The van der Waals surface area contributed by atoms with Crippen molar-refractivity contribution in [2.45, 2.75) is 18.9 Å². The highest BCUT2D eigenvalue weighted by molar-refractivity contribution is 5.90. The fourth-order valence-electron chi connectivity index (χ4n) is 2.44. The summed E-state index contributed by atoms with van der Waals surface area (Å²) in [5, 5.41) is 30.7. The van der Waals surface area contributed by atoms with Gasteiger partial charge in [-0.2, -0.15) is 0 Å². The summed E-state index contributed by atoms with van der Waals surface area (Å²) < 4.78 is 0. The van der Waals surface area contributed by atoms with Gasteiger partial charge in [0.15, 0.2) is 17.2 Å². The summed E-state index contributed by atoms with van der Waals surface area (Å²) in [6.07, 6.45) is 1.82. The predicted octanol–water partition coefficient (Wildman–Crippen LogP) is 1.36. The van der Waals surface area contributed by atoms with E-state index in [2.05, 4.69) is 17.3 Å². The number of phenolic OH excluding ortho intramolecular Hbond substituents is 3. The van der Waals surface area contributed by atoms with E-state index in [9.17, 15) is 20.1 Å². The first-order chi connectivity index (χ1) is 9.88. The zero-order valence-corrected chi connectivity index (χ0v) is 12.2. The molecular weight excluding hydrogens is 274 g/mol. The highest BCUT2D eigenvalue weighted by Gasteiger charge is 2.24. The first kappa shape index (κ1) is 15.2. The van der Waals surface area contributed by atoms with Crippen molar-refractivity contribution in [1.29, 1.82) is 0 Å². The Bertz CT molecular complexity index is 504. The summed E-state index contributed by atoms with van der Waals surface area (Å²) in [4.78, 5) is 16.0. The molecule has 21 heavy (non-hydrogen) atoms. The lowest BCUT2D eigenvalue weighted by atomic mass is 10.0. The summed E-state index contributed by atoms with van der Waals surface area (Å²) in [7, 11) is 3.78. The molecule has 0 radical (unpaired) electrons. The molecule has 1 heterocycles. The second-order valence-electron chi connectivity index (χ2n) is 5.44. The van der Waals surface area contributed by atoms with Gasteiger partial charge in [0.05, 0.1) is 5.69 Å². The van der Waals surface area contributed by atoms with Crippen LogP contribution in [0, 0.1) is 0 Å². The number of likely N-dealkylation sites (tertiary alicyclic amines) is 1. The molecule has 1 fully saturated rings. The second-order valence-corrected chi connectivity index (χ2v) is 5.44. The molecule has 2 amide bonds. The van der Waals surface area contributed by atoms with Crippen molar-refractivity contribution in [3.05, 3.63) is 12.1 Å². The molecule has 0 saturated carbocycles. The minimum absolute atomic E-state index is 0.167. The highest BCUT2D eigenvalue weighted by Crippen LogP contribution is 2.37. The molecule has 0 unspecified atom stereocenters. The molecule has 0 spiro atoms. The lowest BCUT2D eigenvalue weighted by Crippen LogP contribution is -2.46. The number of anilines is 1. The Morgan fingerprint density at radius 3 is 2.29 bits per heavy atom. The van der Waals surface area contributed by atoms with Gasteiger partial charge in [-0.3, -0.25) is 0 Å². The Balaban J connectivity index is 2.01. The largest absolute Gasteiger partial charge is 0.504 e. The average molecular weight is 295 g/mol. The Labute approximate surface area is 123 Å². The molecular formula is C14H21N3O4. The number of rotatable bonds is 2. The van der Waals surface area contributed by atoms with E-state index in [-0.39, 0.29) is 17.8 Å². The third kappa shape index (κ3) is 3.49. The van der Waals surface area contributed by atoms with Crippen LogP contribution < -0.4 is 5.32 Å². The van der Waals surface area contributed by atoms with E-state index in [0.29, 0.717) is 0 Å². The van der Waals surface area contributed by atoms with E-state index >= 15 is 0 Å². The number of amides is 2. The van der Waals surface area contributed by atoms with Gasteiger partial charge in [0, 0.05) is 25.2 Å². The molecule has 0 atom stereocenters. The van der Waals surface area contributed by atoms with Crippen molar-refractivity contribution < 1.29 is 20.1 Å². The van der Waals surface area contributed by atoms with E-state index in [0.717, 1.165) is 25.9 Å². The van der Waals surface area contributed by atoms with Crippen LogP contribution in [0.4, 0.5) is 10.5 Å². The van der Waals surface area contributed by atoms with Gasteiger partial charge in [0.25, 0.3) is 0 Å². The van der Waals surface area contributed by atoms with Gasteiger partial charge in [-0.15, -0.1) is 0 Å². The summed E-state index contributed by atoms with van der Waals surface area (Å²) in [5.41, 5.74) is 0.229. The SMILES string of the molecule is CN1CCC(N(C)C(=O)Nc2cc(O)c(O)c(O)c2)CC1. The molecule has 4 N–H and O–H groups in total. The maximum absolute atomic E-state index is 12.2. The third-order valence-electron chi connectivity index (χ3n) is 3.88. The smallest absolute Gasteiger partial charge is 0.321 e. The van der Waals surface area contributed by atoms with Crippen LogP contribution in [0.2, 0.25) is 0 Å². The maximum atomic E-state index is 12.2. The standard InChI is InChI=1S/C14H21N3O4/c1-16-5-3-10(4-6-16)17(2)14(21)15-9-7-11(18)13(20)12(19)8-9/h7-8,10,18-20H,3-6H2,1-2H3,(H,15,21). The normalized spacial score (nSPS) is 16.7. The van der Waals surface area contributed by atoms with Gasteiger partial charge in [-0.25, -0.2) is 4.79 Å². The molecule has 1 aromatic rings. The van der Waals surface area contributed by atoms with E-state index in [1.807, 2.05) is 0 Å². The van der Waals surface area contributed by atoms with Crippen LogP contribution >= 0.6 is 0 Å². The van der Waals surface area contributed by atoms with Crippen LogP contribution in [0.3, 0.4) is 0 Å². The number of piperidine rings is 1. The molecule has 1 aliphatic heterocycles. The van der Waals surface area contributed by atoms with Gasteiger partial charge in [-0.05, 0) is 33.0 Å². The van der Waals surface area contributed by atoms with E-state index in [4.69, 9.17) is 0 Å². The first-order valence-electron chi connectivity index (χ1n) is 6.85. The minimum Gasteiger partial charge on any atom is -0.504 e. The van der Waals surface area contributed by atoms with E-state index in [1.54, 1.807) is 11.9 Å². The summed E-state index contributed by atoms with van der Waals surface area (Å²) in [6, 6.07) is 2.24. The Morgan fingerprint density at radius 2 is 1.76 bits per heavy atom. The van der Waals surface area contributed by atoms with E-state index < -0.39 is 17.2 Å². The molecule has 7 heteroatoms. The van der Waals surface area contributed by atoms with Crippen molar-refractivity contribution in [2.75, 3.05) is 32.5 Å². The zero-order chi connectivity index (χ0) is 15.6. The minimum atomic E-state index is -0.600. The van der Waals surface area contributed by atoms with Crippen LogP contribution in [0.5, 0.6) is 17.2 Å². The van der Waals surface area contributed by atoms with Gasteiger partial charge in [0.1, 0.15) is 0 Å². The monoisotopic (exact) mass is 295 g/mol. The number of carbonyl (C=O) groups excluding carboxylic acids is 1. The van der Waals surface area contributed by atoms with Crippen molar-refractivity contribution in [3.63, 3.8) is 0 Å². The van der Waals surface area contributed by atoms with Gasteiger partial charge >= 0.3 is 6.03 Å². The number of phenols is 3. The number of hydrogen-bond donors (Lipinski definition) is 4. The van der Waals surface area contributed by atoms with Gasteiger partial charge in [0.2, 0.25) is 0 Å². The molecule has 116 valence electrons. The highest BCUT2D eigenvalue weighted by atomic mass is 16.3. The molecule has 0 bridgehead atoms. The molecule has 0 aromatic heterocycles. The number of nitrogens with one attached hydrogen (secondary N) is 1. The fourth-order valence-corrected chi connectivity index (χ4v) is 2.44. The number of hydrogen-bond acceptors (Lipinski definition) is 5. The topological polar surface area (TPSA) is 96.3 Å². The Morgan fingerprint density at radius 1 is 1.24 bits per heavy atom. The van der Waals surface area contributed by atoms with Crippen molar-refractivity contribution in [2.24, 2.45) is 0 Å². The number of carbonyl (C=O) groups is 1. The zero-order valence-electron chi connectivity index (χ0n) is 12.2. The van der Waals surface area contributed by atoms with Crippen LogP contribution in [0.15, 0.2) is 12.1 Å². The van der Waals surface area contributed by atoms with Crippen LogP contribution in [-0.4, -0.2) is 64.4 Å². The van der Waals surface area contributed by atoms with Gasteiger partial charge in [-0.1, -0.05) is 0 Å². The Kier molecular flexibility index (Phi) is 4.42. The van der Waals surface area contributed by atoms with Crippen LogP contribution in [0.1, 0.15) is 12.8 Å². The molecule has 1 saturated heterocycles. The quantitative estimate of drug-likeness (QED) is 0.488. The summed E-state index contributed by atoms with van der Waals surface area (Å²) in [6.45, 7) is 1.89.